The van der Waals surface area contributed by atoms with Gasteiger partial charge in [0.1, 0.15) is 5.82 Å². The van der Waals surface area contributed by atoms with Gasteiger partial charge in [-0.2, -0.15) is 0 Å². The molecule has 0 N–H and O–H groups in total. The van der Waals surface area contributed by atoms with Crippen LogP contribution in [0.1, 0.15) is 29.3 Å². The fourth-order valence-corrected chi connectivity index (χ4v) is 1.71. The van der Waals surface area contributed by atoms with Crippen molar-refractivity contribution in [1.29, 1.82) is 0 Å². The molecule has 0 saturated carbocycles. The molecule has 0 aliphatic carbocycles. The zero-order valence-electron chi connectivity index (χ0n) is 10.3. The summed E-state index contributed by atoms with van der Waals surface area (Å²) in [5, 5.41) is 0. The van der Waals surface area contributed by atoms with E-state index < -0.39 is 0 Å². The van der Waals surface area contributed by atoms with Gasteiger partial charge in [0.2, 0.25) is 0 Å². The number of hydrogen-bond donors (Lipinski definition) is 0. The standard InChI is InChI=1S/C13H17BrFNO/c1-9-4-5-11(15)8-12(9)13(17)16(3)7-6-10(2)14/h4-5,8,10H,6-7H2,1-3H3. The molecule has 0 bridgehead atoms. The van der Waals surface area contributed by atoms with Crippen LogP contribution in [-0.4, -0.2) is 29.2 Å². The van der Waals surface area contributed by atoms with Crippen molar-refractivity contribution in [3.05, 3.63) is 35.1 Å². The number of alkyl halides is 1. The van der Waals surface area contributed by atoms with Crippen molar-refractivity contribution < 1.29 is 9.18 Å². The molecule has 2 nitrogen and oxygen atoms in total. The van der Waals surface area contributed by atoms with Gasteiger partial charge in [-0.05, 0) is 31.0 Å². The second-order valence-electron chi connectivity index (χ2n) is 4.26. The van der Waals surface area contributed by atoms with E-state index in [1.807, 2.05) is 13.8 Å². The first kappa shape index (κ1) is 14.2. The number of halogens is 2. The van der Waals surface area contributed by atoms with Crippen molar-refractivity contribution in [2.24, 2.45) is 0 Å². The Balaban J connectivity index is 2.78. The lowest BCUT2D eigenvalue weighted by atomic mass is 10.1. The minimum absolute atomic E-state index is 0.129. The lowest BCUT2D eigenvalue weighted by molar-refractivity contribution is 0.0793. The molecule has 0 heterocycles. The van der Waals surface area contributed by atoms with Crippen LogP contribution >= 0.6 is 15.9 Å². The molecular weight excluding hydrogens is 285 g/mol. The van der Waals surface area contributed by atoms with Gasteiger partial charge in [-0.3, -0.25) is 4.79 Å². The maximum absolute atomic E-state index is 13.1. The number of carbonyl (C=O) groups excluding carboxylic acids is 1. The highest BCUT2D eigenvalue weighted by Gasteiger charge is 2.15. The molecule has 1 amide bonds. The fourth-order valence-electron chi connectivity index (χ4n) is 1.50. The van der Waals surface area contributed by atoms with E-state index in [-0.39, 0.29) is 11.7 Å². The molecule has 0 aliphatic heterocycles. The van der Waals surface area contributed by atoms with Gasteiger partial charge in [-0.25, -0.2) is 4.39 Å². The quantitative estimate of drug-likeness (QED) is 0.781. The smallest absolute Gasteiger partial charge is 0.253 e. The zero-order valence-corrected chi connectivity index (χ0v) is 11.9. The second-order valence-corrected chi connectivity index (χ2v) is 5.82. The SMILES string of the molecule is Cc1ccc(F)cc1C(=O)N(C)CCC(C)Br. The maximum atomic E-state index is 13.1. The number of amides is 1. The van der Waals surface area contributed by atoms with Crippen molar-refractivity contribution in [2.75, 3.05) is 13.6 Å². The highest BCUT2D eigenvalue weighted by molar-refractivity contribution is 9.09. The summed E-state index contributed by atoms with van der Waals surface area (Å²) in [7, 11) is 1.74. The van der Waals surface area contributed by atoms with Crippen LogP contribution in [-0.2, 0) is 0 Å². The largest absolute Gasteiger partial charge is 0.342 e. The number of benzene rings is 1. The normalized spacial score (nSPS) is 12.3. The van der Waals surface area contributed by atoms with Crippen molar-refractivity contribution in [2.45, 2.75) is 25.1 Å². The molecule has 1 aromatic rings. The summed E-state index contributed by atoms with van der Waals surface area (Å²) in [6.07, 6.45) is 0.872. The molecule has 0 radical (unpaired) electrons. The van der Waals surface area contributed by atoms with Crippen LogP contribution in [0.4, 0.5) is 4.39 Å². The maximum Gasteiger partial charge on any atom is 0.253 e. The van der Waals surface area contributed by atoms with Crippen LogP contribution in [0.5, 0.6) is 0 Å². The second kappa shape index (κ2) is 6.15. The van der Waals surface area contributed by atoms with Crippen LogP contribution in [0.2, 0.25) is 0 Å². The molecule has 17 heavy (non-hydrogen) atoms. The topological polar surface area (TPSA) is 20.3 Å². The van der Waals surface area contributed by atoms with Crippen molar-refractivity contribution >= 4 is 21.8 Å². The van der Waals surface area contributed by atoms with E-state index in [0.29, 0.717) is 16.9 Å². The first-order valence-corrected chi connectivity index (χ1v) is 6.49. The monoisotopic (exact) mass is 301 g/mol. The van der Waals surface area contributed by atoms with Crippen molar-refractivity contribution in [3.8, 4) is 0 Å². The van der Waals surface area contributed by atoms with Gasteiger partial charge < -0.3 is 4.90 Å². The molecule has 94 valence electrons. The third-order valence-corrected chi connectivity index (χ3v) is 3.10. The van der Waals surface area contributed by atoms with E-state index in [0.717, 1.165) is 12.0 Å². The van der Waals surface area contributed by atoms with Gasteiger partial charge in [0.25, 0.3) is 5.91 Å². The fraction of sp³-hybridized carbons (Fsp3) is 0.462. The first-order chi connectivity index (χ1) is 7.91. The van der Waals surface area contributed by atoms with Gasteiger partial charge in [-0.1, -0.05) is 28.9 Å². The molecule has 0 aliphatic rings. The zero-order chi connectivity index (χ0) is 13.0. The number of carbonyl (C=O) groups is 1. The van der Waals surface area contributed by atoms with Crippen LogP contribution in [0.15, 0.2) is 18.2 Å². The van der Waals surface area contributed by atoms with E-state index in [2.05, 4.69) is 15.9 Å². The molecule has 0 aromatic heterocycles. The first-order valence-electron chi connectivity index (χ1n) is 5.57. The summed E-state index contributed by atoms with van der Waals surface area (Å²) in [6.45, 7) is 4.50. The Bertz CT molecular complexity index is 406. The van der Waals surface area contributed by atoms with Crippen LogP contribution in [0.25, 0.3) is 0 Å². The molecule has 1 rings (SSSR count). The van der Waals surface area contributed by atoms with Crippen LogP contribution in [0.3, 0.4) is 0 Å². The molecule has 0 saturated heterocycles. The lowest BCUT2D eigenvalue weighted by Gasteiger charge is -2.19. The molecule has 0 fully saturated rings. The van der Waals surface area contributed by atoms with E-state index in [9.17, 15) is 9.18 Å². The third-order valence-electron chi connectivity index (χ3n) is 2.64. The Morgan fingerprint density at radius 1 is 1.53 bits per heavy atom. The summed E-state index contributed by atoms with van der Waals surface area (Å²) in [6, 6.07) is 4.29. The Morgan fingerprint density at radius 2 is 2.18 bits per heavy atom. The van der Waals surface area contributed by atoms with Gasteiger partial charge >= 0.3 is 0 Å². The molecule has 1 aromatic carbocycles. The Labute approximate surface area is 110 Å². The summed E-state index contributed by atoms with van der Waals surface area (Å²) in [4.78, 5) is 14.1. The highest BCUT2D eigenvalue weighted by atomic mass is 79.9. The number of hydrogen-bond acceptors (Lipinski definition) is 1. The summed E-state index contributed by atoms with van der Waals surface area (Å²) in [5.41, 5.74) is 1.24. The van der Waals surface area contributed by atoms with E-state index in [1.165, 1.54) is 12.1 Å². The van der Waals surface area contributed by atoms with Gasteiger partial charge in [0.05, 0.1) is 0 Å². The molecule has 1 unspecified atom stereocenters. The summed E-state index contributed by atoms with van der Waals surface area (Å²) in [5.74, 6) is -0.503. The number of nitrogens with zero attached hydrogens (tertiary/aromatic N) is 1. The Morgan fingerprint density at radius 3 is 2.76 bits per heavy atom. The lowest BCUT2D eigenvalue weighted by Crippen LogP contribution is -2.29. The highest BCUT2D eigenvalue weighted by Crippen LogP contribution is 2.13. The van der Waals surface area contributed by atoms with Crippen molar-refractivity contribution in [1.82, 2.24) is 4.90 Å². The van der Waals surface area contributed by atoms with Gasteiger partial charge in [-0.15, -0.1) is 0 Å². The van der Waals surface area contributed by atoms with Crippen LogP contribution < -0.4 is 0 Å². The third kappa shape index (κ3) is 4.11. The molecule has 0 spiro atoms. The number of rotatable bonds is 4. The Hall–Kier alpha value is -0.900. The van der Waals surface area contributed by atoms with Crippen molar-refractivity contribution in [3.63, 3.8) is 0 Å². The van der Waals surface area contributed by atoms with E-state index >= 15 is 0 Å². The summed E-state index contributed by atoms with van der Waals surface area (Å²) >= 11 is 3.44. The Kier molecular flexibility index (Phi) is 5.12. The van der Waals surface area contributed by atoms with Crippen LogP contribution in [0, 0.1) is 12.7 Å². The minimum atomic E-state index is -0.374. The molecular formula is C13H17BrFNO. The predicted octanol–water partition coefficient (Wildman–Crippen LogP) is 3.38. The van der Waals surface area contributed by atoms with Gasteiger partial charge in [0, 0.05) is 24.0 Å². The predicted molar refractivity (Wildman–Crippen MR) is 71.1 cm³/mol. The average Bonchev–Trinajstić information content (AvgIpc) is 2.28. The minimum Gasteiger partial charge on any atom is -0.342 e. The average molecular weight is 302 g/mol. The summed E-state index contributed by atoms with van der Waals surface area (Å²) < 4.78 is 13.1. The molecule has 1 atom stereocenters. The van der Waals surface area contributed by atoms with Gasteiger partial charge in [0.15, 0.2) is 0 Å². The molecule has 4 heteroatoms. The number of aryl methyl sites for hydroxylation is 1. The van der Waals surface area contributed by atoms with E-state index in [1.54, 1.807) is 18.0 Å². The van der Waals surface area contributed by atoms with E-state index in [4.69, 9.17) is 0 Å².